The van der Waals surface area contributed by atoms with E-state index in [-0.39, 0.29) is 0 Å². The van der Waals surface area contributed by atoms with Crippen molar-refractivity contribution >= 4 is 13.7 Å². The van der Waals surface area contributed by atoms with Gasteiger partial charge in [-0.1, -0.05) is 0 Å². The molecule has 0 amide bonds. The summed E-state index contributed by atoms with van der Waals surface area (Å²) in [4.78, 5) is 3.88. The van der Waals surface area contributed by atoms with E-state index in [1.54, 1.807) is 0 Å². The fourth-order valence-corrected chi connectivity index (χ4v) is 2.29. The molecule has 0 aromatic carbocycles. The first-order valence-electron chi connectivity index (χ1n) is 4.76. The highest BCUT2D eigenvalue weighted by Crippen LogP contribution is 2.48. The third kappa shape index (κ3) is 2.93. The lowest BCUT2D eigenvalue weighted by molar-refractivity contribution is 0.271. The summed E-state index contributed by atoms with van der Waals surface area (Å²) in [5.41, 5.74) is 0. The molecular formula is C8H18N3O3P. The van der Waals surface area contributed by atoms with E-state index < -0.39 is 7.75 Å². The fraction of sp³-hybridized carbons (Fsp3) is 0.875. The third-order valence-corrected chi connectivity index (χ3v) is 3.69. The van der Waals surface area contributed by atoms with Crippen LogP contribution in [0, 0.1) is 0 Å². The highest BCUT2D eigenvalue weighted by Gasteiger charge is 2.26. The van der Waals surface area contributed by atoms with Gasteiger partial charge in [0.15, 0.2) is 0 Å². The van der Waals surface area contributed by atoms with E-state index in [2.05, 4.69) is 4.76 Å². The molecule has 6 nitrogen and oxygen atoms in total. The average Bonchev–Trinajstić information content (AvgIpc) is 2.23. The van der Waals surface area contributed by atoms with Gasteiger partial charge in [0, 0.05) is 41.4 Å². The highest BCUT2D eigenvalue weighted by molar-refractivity contribution is 7.52. The molecule has 0 atom stereocenters. The van der Waals surface area contributed by atoms with Crippen LogP contribution in [-0.2, 0) is 13.6 Å². The molecule has 0 saturated carbocycles. The van der Waals surface area contributed by atoms with Gasteiger partial charge in [0.25, 0.3) is 0 Å². The van der Waals surface area contributed by atoms with Gasteiger partial charge in [-0.25, -0.2) is 4.57 Å². The van der Waals surface area contributed by atoms with Crippen molar-refractivity contribution in [2.45, 2.75) is 6.42 Å². The molecule has 0 aliphatic carbocycles. The van der Waals surface area contributed by atoms with Crippen molar-refractivity contribution < 1.29 is 13.6 Å². The van der Waals surface area contributed by atoms with Crippen molar-refractivity contribution in [2.75, 3.05) is 41.4 Å². The molecule has 0 N–H and O–H groups in total. The fourth-order valence-electron chi connectivity index (χ4n) is 1.45. The van der Waals surface area contributed by atoms with E-state index in [0.717, 1.165) is 19.5 Å². The number of guanidine groups is 1. The topological polar surface area (TPSA) is 54.4 Å². The maximum atomic E-state index is 11.8. The van der Waals surface area contributed by atoms with Crippen LogP contribution in [0.15, 0.2) is 4.76 Å². The lowest BCUT2D eigenvalue weighted by Gasteiger charge is -2.34. The molecule has 0 unspecified atom stereocenters. The second-order valence-corrected chi connectivity index (χ2v) is 5.30. The Morgan fingerprint density at radius 3 is 2.07 bits per heavy atom. The van der Waals surface area contributed by atoms with Crippen LogP contribution in [0.25, 0.3) is 0 Å². The summed E-state index contributed by atoms with van der Waals surface area (Å²) >= 11 is 0. The van der Waals surface area contributed by atoms with Crippen LogP contribution in [0.2, 0.25) is 0 Å². The third-order valence-electron chi connectivity index (χ3n) is 2.34. The molecule has 1 aliphatic heterocycles. The van der Waals surface area contributed by atoms with Gasteiger partial charge >= 0.3 is 7.75 Å². The number of rotatable bonds is 3. The van der Waals surface area contributed by atoms with Crippen LogP contribution >= 0.6 is 7.75 Å². The Hall–Kier alpha value is -0.580. The van der Waals surface area contributed by atoms with Crippen molar-refractivity contribution in [3.63, 3.8) is 0 Å². The van der Waals surface area contributed by atoms with E-state index in [9.17, 15) is 4.57 Å². The molecule has 0 bridgehead atoms. The first-order chi connectivity index (χ1) is 7.02. The van der Waals surface area contributed by atoms with Crippen molar-refractivity contribution in [1.82, 2.24) is 9.80 Å². The maximum absolute atomic E-state index is 11.8. The number of hydrogen-bond donors (Lipinski definition) is 0. The van der Waals surface area contributed by atoms with E-state index in [1.807, 2.05) is 23.9 Å². The molecule has 1 aliphatic rings. The zero-order chi connectivity index (χ0) is 11.5. The van der Waals surface area contributed by atoms with Crippen molar-refractivity contribution in [2.24, 2.45) is 4.76 Å². The molecule has 1 rings (SSSR count). The monoisotopic (exact) mass is 235 g/mol. The zero-order valence-electron chi connectivity index (χ0n) is 9.63. The summed E-state index contributed by atoms with van der Waals surface area (Å²) in [6.07, 6.45) is 1.07. The highest BCUT2D eigenvalue weighted by atomic mass is 31.2. The van der Waals surface area contributed by atoms with Gasteiger partial charge in [-0.05, 0) is 6.42 Å². The molecule has 0 spiro atoms. The van der Waals surface area contributed by atoms with E-state index >= 15 is 0 Å². The standard InChI is InChI=1S/C8H18N3O3P/c1-10-6-5-7-11(2)8(10)9-15(12,13-3)14-4/h5-7H2,1-4H3. The summed E-state index contributed by atoms with van der Waals surface area (Å²) in [5.74, 6) is 0.647. The van der Waals surface area contributed by atoms with Gasteiger partial charge in [-0.2, -0.15) is 0 Å². The molecule has 1 heterocycles. The Labute approximate surface area is 90.4 Å². The van der Waals surface area contributed by atoms with Crippen LogP contribution in [0.3, 0.4) is 0 Å². The van der Waals surface area contributed by atoms with Crippen molar-refractivity contribution in [3.05, 3.63) is 0 Å². The number of hydrogen-bond acceptors (Lipinski definition) is 3. The molecule has 1 fully saturated rings. The minimum absolute atomic E-state index is 0.647. The summed E-state index contributed by atoms with van der Waals surface area (Å²) in [5, 5.41) is 0. The Morgan fingerprint density at radius 1 is 1.20 bits per heavy atom. The molecule has 88 valence electrons. The quantitative estimate of drug-likeness (QED) is 0.683. The van der Waals surface area contributed by atoms with Crippen LogP contribution in [0.4, 0.5) is 0 Å². The lowest BCUT2D eigenvalue weighted by Crippen LogP contribution is -2.46. The molecule has 7 heteroatoms. The molecule has 0 aromatic heterocycles. The molecule has 1 saturated heterocycles. The Balaban J connectivity index is 2.91. The zero-order valence-corrected chi connectivity index (χ0v) is 10.5. The second kappa shape index (κ2) is 4.96. The van der Waals surface area contributed by atoms with Gasteiger partial charge < -0.3 is 9.80 Å². The Morgan fingerprint density at radius 2 is 1.67 bits per heavy atom. The normalized spacial score (nSPS) is 18.3. The predicted octanol–water partition coefficient (Wildman–Crippen LogP) is 1.01. The van der Waals surface area contributed by atoms with Gasteiger partial charge in [-0.15, -0.1) is 4.76 Å². The van der Waals surface area contributed by atoms with Gasteiger partial charge in [0.05, 0.1) is 0 Å². The Kier molecular flexibility index (Phi) is 4.13. The molecular weight excluding hydrogens is 217 g/mol. The summed E-state index contributed by atoms with van der Waals surface area (Å²) < 4.78 is 25.4. The summed E-state index contributed by atoms with van der Waals surface area (Å²) in [7, 11) is 3.16. The van der Waals surface area contributed by atoms with Crippen LogP contribution in [0.5, 0.6) is 0 Å². The first-order valence-corrected chi connectivity index (χ1v) is 6.26. The summed E-state index contributed by atoms with van der Waals surface area (Å²) in [6, 6.07) is 0. The maximum Gasteiger partial charge on any atom is 0.456 e. The van der Waals surface area contributed by atoms with Gasteiger partial charge in [0.2, 0.25) is 5.96 Å². The van der Waals surface area contributed by atoms with Crippen LogP contribution < -0.4 is 0 Å². The molecule has 0 radical (unpaired) electrons. The lowest BCUT2D eigenvalue weighted by atomic mass is 10.3. The average molecular weight is 235 g/mol. The van der Waals surface area contributed by atoms with Gasteiger partial charge in [-0.3, -0.25) is 9.05 Å². The minimum Gasteiger partial charge on any atom is -0.345 e. The predicted molar refractivity (Wildman–Crippen MR) is 58.9 cm³/mol. The van der Waals surface area contributed by atoms with Crippen LogP contribution in [-0.4, -0.2) is 57.2 Å². The van der Waals surface area contributed by atoms with E-state index in [0.29, 0.717) is 5.96 Å². The number of nitrogens with zero attached hydrogens (tertiary/aromatic N) is 3. The largest absolute Gasteiger partial charge is 0.456 e. The van der Waals surface area contributed by atoms with Gasteiger partial charge in [0.1, 0.15) is 0 Å². The Bertz CT molecular complexity index is 275. The molecule has 0 aromatic rings. The minimum atomic E-state index is -3.32. The SMILES string of the molecule is COP(=O)(N=C1N(C)CCCN1C)OC. The summed E-state index contributed by atoms with van der Waals surface area (Å²) in [6.45, 7) is 1.80. The van der Waals surface area contributed by atoms with Crippen LogP contribution in [0.1, 0.15) is 6.42 Å². The molecule has 15 heavy (non-hydrogen) atoms. The second-order valence-electron chi connectivity index (χ2n) is 3.43. The van der Waals surface area contributed by atoms with Crippen molar-refractivity contribution in [3.8, 4) is 0 Å². The van der Waals surface area contributed by atoms with E-state index in [4.69, 9.17) is 9.05 Å². The smallest absolute Gasteiger partial charge is 0.345 e. The van der Waals surface area contributed by atoms with Crippen molar-refractivity contribution in [1.29, 1.82) is 0 Å². The first kappa shape index (κ1) is 12.5. The van der Waals surface area contributed by atoms with E-state index in [1.165, 1.54) is 14.2 Å².